The lowest BCUT2D eigenvalue weighted by Gasteiger charge is -2.07. The van der Waals surface area contributed by atoms with Crippen LogP contribution >= 0.6 is 0 Å². The van der Waals surface area contributed by atoms with Gasteiger partial charge in [0.15, 0.2) is 5.75 Å². The molecule has 0 saturated heterocycles. The van der Waals surface area contributed by atoms with Gasteiger partial charge >= 0.3 is 5.69 Å². The molecule has 2 aromatic carbocycles. The van der Waals surface area contributed by atoms with Crippen molar-refractivity contribution in [2.75, 3.05) is 0 Å². The van der Waals surface area contributed by atoms with Crippen LogP contribution in [0.1, 0.15) is 11.1 Å². The highest BCUT2D eigenvalue weighted by Gasteiger charge is 2.16. The molecule has 20 heavy (non-hydrogen) atoms. The quantitative estimate of drug-likeness (QED) is 0.632. The number of nitrogens with zero attached hydrogens (tertiary/aromatic N) is 2. The van der Waals surface area contributed by atoms with Crippen LogP contribution in [0.2, 0.25) is 0 Å². The first-order valence-electron chi connectivity index (χ1n) is 5.66. The fourth-order valence-corrected chi connectivity index (χ4v) is 1.64. The third kappa shape index (κ3) is 3.09. The van der Waals surface area contributed by atoms with Gasteiger partial charge in [0.25, 0.3) is 0 Å². The number of hydrogen-bond donors (Lipinski definition) is 0. The Morgan fingerprint density at radius 3 is 2.75 bits per heavy atom. The molecule has 5 nitrogen and oxygen atoms in total. The van der Waals surface area contributed by atoms with Gasteiger partial charge in [0.1, 0.15) is 12.4 Å². The smallest absolute Gasteiger partial charge is 0.312 e. The van der Waals surface area contributed by atoms with Gasteiger partial charge in [0.05, 0.1) is 16.6 Å². The SMILES string of the molecule is N#Cc1ccc(OCc2cccc(F)c2)c([N+](=O)[O-])c1. The van der Waals surface area contributed by atoms with Crippen LogP contribution in [0.15, 0.2) is 42.5 Å². The molecular weight excluding hydrogens is 263 g/mol. The van der Waals surface area contributed by atoms with Crippen molar-refractivity contribution >= 4 is 5.69 Å². The van der Waals surface area contributed by atoms with E-state index in [2.05, 4.69) is 0 Å². The van der Waals surface area contributed by atoms with Crippen LogP contribution in [-0.2, 0) is 6.61 Å². The van der Waals surface area contributed by atoms with Crippen molar-refractivity contribution < 1.29 is 14.1 Å². The highest BCUT2D eigenvalue weighted by atomic mass is 19.1. The second-order valence-electron chi connectivity index (χ2n) is 3.97. The lowest BCUT2D eigenvalue weighted by molar-refractivity contribution is -0.386. The molecule has 0 fully saturated rings. The molecule has 2 rings (SSSR count). The predicted molar refractivity (Wildman–Crippen MR) is 68.5 cm³/mol. The van der Waals surface area contributed by atoms with Crippen molar-refractivity contribution in [1.29, 1.82) is 5.26 Å². The Kier molecular flexibility index (Phi) is 3.91. The van der Waals surface area contributed by atoms with E-state index in [1.54, 1.807) is 6.07 Å². The second-order valence-corrected chi connectivity index (χ2v) is 3.97. The van der Waals surface area contributed by atoms with E-state index in [-0.39, 0.29) is 23.6 Å². The van der Waals surface area contributed by atoms with Crippen LogP contribution in [0.5, 0.6) is 5.75 Å². The van der Waals surface area contributed by atoms with Crippen molar-refractivity contribution in [3.05, 3.63) is 69.5 Å². The summed E-state index contributed by atoms with van der Waals surface area (Å²) in [6.07, 6.45) is 0. The fourth-order valence-electron chi connectivity index (χ4n) is 1.64. The maximum Gasteiger partial charge on any atom is 0.312 e. The Morgan fingerprint density at radius 2 is 2.10 bits per heavy atom. The van der Waals surface area contributed by atoms with E-state index < -0.39 is 10.7 Å². The molecule has 0 aliphatic rings. The number of nitro groups is 1. The number of nitro benzene ring substituents is 1. The van der Waals surface area contributed by atoms with Crippen LogP contribution in [0, 0.1) is 27.3 Å². The van der Waals surface area contributed by atoms with E-state index in [1.807, 2.05) is 6.07 Å². The highest BCUT2D eigenvalue weighted by molar-refractivity contribution is 5.51. The average molecular weight is 272 g/mol. The van der Waals surface area contributed by atoms with Gasteiger partial charge in [0, 0.05) is 6.07 Å². The monoisotopic (exact) mass is 272 g/mol. The van der Waals surface area contributed by atoms with Gasteiger partial charge in [-0.2, -0.15) is 5.26 Å². The van der Waals surface area contributed by atoms with Gasteiger partial charge in [0.2, 0.25) is 0 Å². The maximum absolute atomic E-state index is 13.0. The number of benzene rings is 2. The first-order chi connectivity index (χ1) is 9.60. The van der Waals surface area contributed by atoms with Gasteiger partial charge in [-0.05, 0) is 29.8 Å². The zero-order valence-corrected chi connectivity index (χ0v) is 10.2. The Morgan fingerprint density at radius 1 is 1.30 bits per heavy atom. The van der Waals surface area contributed by atoms with E-state index in [4.69, 9.17) is 10.00 Å². The normalized spacial score (nSPS) is 9.80. The van der Waals surface area contributed by atoms with Crippen LogP contribution < -0.4 is 4.74 Å². The predicted octanol–water partition coefficient (Wildman–Crippen LogP) is 3.18. The summed E-state index contributed by atoms with van der Waals surface area (Å²) in [5.41, 5.74) is 0.443. The molecule has 0 aliphatic heterocycles. The van der Waals surface area contributed by atoms with Gasteiger partial charge < -0.3 is 4.74 Å². The molecule has 0 N–H and O–H groups in total. The summed E-state index contributed by atoms with van der Waals surface area (Å²) in [6, 6.07) is 11.5. The molecule has 0 aliphatic carbocycles. The molecule has 0 heterocycles. The Labute approximate surface area is 114 Å². The third-order valence-electron chi connectivity index (χ3n) is 2.57. The van der Waals surface area contributed by atoms with Crippen LogP contribution in [0.4, 0.5) is 10.1 Å². The number of hydrogen-bond acceptors (Lipinski definition) is 4. The summed E-state index contributed by atoms with van der Waals surface area (Å²) in [6.45, 7) is 0.00446. The van der Waals surface area contributed by atoms with Gasteiger partial charge in [-0.25, -0.2) is 4.39 Å². The Balaban J connectivity index is 2.21. The molecule has 0 radical (unpaired) electrons. The molecule has 0 atom stereocenters. The van der Waals surface area contributed by atoms with E-state index in [1.165, 1.54) is 30.3 Å². The Hall–Kier alpha value is -2.94. The zero-order valence-electron chi connectivity index (χ0n) is 10.2. The standard InChI is InChI=1S/C14H9FN2O3/c15-12-3-1-2-11(6-12)9-20-14-5-4-10(8-16)7-13(14)17(18)19/h1-7H,9H2. The van der Waals surface area contributed by atoms with Crippen molar-refractivity contribution in [3.8, 4) is 11.8 Å². The average Bonchev–Trinajstić information content (AvgIpc) is 2.45. The highest BCUT2D eigenvalue weighted by Crippen LogP contribution is 2.28. The first-order valence-corrected chi connectivity index (χ1v) is 5.66. The van der Waals surface area contributed by atoms with E-state index in [0.717, 1.165) is 6.07 Å². The summed E-state index contributed by atoms with van der Waals surface area (Å²) in [5, 5.41) is 19.6. The number of halogens is 1. The van der Waals surface area contributed by atoms with Gasteiger partial charge in [-0.15, -0.1) is 0 Å². The summed E-state index contributed by atoms with van der Waals surface area (Å²) >= 11 is 0. The lowest BCUT2D eigenvalue weighted by atomic mass is 10.2. The number of nitriles is 1. The largest absolute Gasteiger partial charge is 0.482 e. The van der Waals surface area contributed by atoms with Crippen LogP contribution in [0.3, 0.4) is 0 Å². The van der Waals surface area contributed by atoms with Gasteiger partial charge in [-0.1, -0.05) is 12.1 Å². The minimum atomic E-state index is -0.623. The number of ether oxygens (including phenoxy) is 1. The number of rotatable bonds is 4. The fraction of sp³-hybridized carbons (Fsp3) is 0.0714. The maximum atomic E-state index is 13.0. The summed E-state index contributed by atoms with van der Waals surface area (Å²) in [5.74, 6) is -0.362. The molecule has 0 amide bonds. The molecule has 0 aromatic heterocycles. The minimum Gasteiger partial charge on any atom is -0.482 e. The molecule has 6 heteroatoms. The summed E-state index contributed by atoms with van der Waals surface area (Å²) < 4.78 is 18.3. The zero-order chi connectivity index (χ0) is 14.5. The molecule has 2 aromatic rings. The topological polar surface area (TPSA) is 76.2 Å². The van der Waals surface area contributed by atoms with Crippen molar-refractivity contribution in [2.24, 2.45) is 0 Å². The molecule has 0 saturated carbocycles. The van der Waals surface area contributed by atoms with Crippen molar-refractivity contribution in [2.45, 2.75) is 6.61 Å². The van der Waals surface area contributed by atoms with E-state index in [9.17, 15) is 14.5 Å². The molecule has 0 spiro atoms. The van der Waals surface area contributed by atoms with Gasteiger partial charge in [-0.3, -0.25) is 10.1 Å². The van der Waals surface area contributed by atoms with Crippen LogP contribution in [-0.4, -0.2) is 4.92 Å². The molecular formula is C14H9FN2O3. The summed E-state index contributed by atoms with van der Waals surface area (Å²) in [4.78, 5) is 10.3. The van der Waals surface area contributed by atoms with E-state index >= 15 is 0 Å². The second kappa shape index (κ2) is 5.80. The molecule has 100 valence electrons. The molecule has 0 bridgehead atoms. The van der Waals surface area contributed by atoms with Crippen molar-refractivity contribution in [3.63, 3.8) is 0 Å². The summed E-state index contributed by atoms with van der Waals surface area (Å²) in [7, 11) is 0. The van der Waals surface area contributed by atoms with E-state index in [0.29, 0.717) is 5.56 Å². The minimum absolute atomic E-state index is 0.00446. The Bertz CT molecular complexity index is 695. The third-order valence-corrected chi connectivity index (χ3v) is 2.57. The lowest BCUT2D eigenvalue weighted by Crippen LogP contribution is -2.00. The molecule has 0 unspecified atom stereocenters. The first kappa shape index (κ1) is 13.5. The van der Waals surface area contributed by atoms with Crippen LogP contribution in [0.25, 0.3) is 0 Å². The van der Waals surface area contributed by atoms with Crippen molar-refractivity contribution in [1.82, 2.24) is 0 Å².